The van der Waals surface area contributed by atoms with Gasteiger partial charge in [0.25, 0.3) is 5.91 Å². The molecule has 0 saturated heterocycles. The zero-order valence-corrected chi connectivity index (χ0v) is 26.3. The van der Waals surface area contributed by atoms with E-state index in [0.29, 0.717) is 23.2 Å². The van der Waals surface area contributed by atoms with Gasteiger partial charge in [-0.15, -0.1) is 5.10 Å². The topological polar surface area (TPSA) is 76.8 Å². The van der Waals surface area contributed by atoms with Gasteiger partial charge in [0.05, 0.1) is 5.57 Å². The van der Waals surface area contributed by atoms with E-state index in [1.54, 1.807) is 11.8 Å². The van der Waals surface area contributed by atoms with Gasteiger partial charge in [-0.05, 0) is 55.2 Å². The Bertz CT molecular complexity index is 2040. The summed E-state index contributed by atoms with van der Waals surface area (Å²) >= 11 is 1.58. The lowest BCUT2D eigenvalue weighted by atomic mass is 9.94. The number of nitrogens with zero attached hydrogens (tertiary/aromatic N) is 4. The third kappa shape index (κ3) is 5.65. The van der Waals surface area contributed by atoms with Gasteiger partial charge in [-0.2, -0.15) is 4.98 Å². The van der Waals surface area contributed by atoms with E-state index in [1.807, 2.05) is 54.9 Å². The van der Waals surface area contributed by atoms with Crippen molar-refractivity contribution >= 4 is 40.2 Å². The number of carbonyl (C=O) groups excluding carboxylic acids is 1. The molecule has 6 aromatic rings. The van der Waals surface area contributed by atoms with Crippen LogP contribution in [-0.4, -0.2) is 25.2 Å². The summed E-state index contributed by atoms with van der Waals surface area (Å²) in [6.07, 6.45) is 2.17. The molecule has 7 rings (SSSR count). The molecule has 0 spiro atoms. The largest absolute Gasteiger partial charge is 0.343 e. The summed E-state index contributed by atoms with van der Waals surface area (Å²) in [4.78, 5) is 19.2. The molecule has 1 unspecified atom stereocenters. The maximum atomic E-state index is 14.3. The lowest BCUT2D eigenvalue weighted by Crippen LogP contribution is -2.31. The third-order valence-electron chi connectivity index (χ3n) is 8.45. The first-order valence-electron chi connectivity index (χ1n) is 15.1. The summed E-state index contributed by atoms with van der Waals surface area (Å²) in [6, 6.07) is 34.6. The molecule has 0 radical (unpaired) electrons. The van der Waals surface area contributed by atoms with Crippen molar-refractivity contribution in [2.75, 3.05) is 10.6 Å². The Kier molecular flexibility index (Phi) is 7.73. The van der Waals surface area contributed by atoms with Crippen LogP contribution in [0.3, 0.4) is 0 Å². The SMILES string of the molecule is CC1=C(C(=O)Nc2cccc(C)c2C)C(c2cn(Cc3ccccc3)c3ccccc23)n2nc(SCc3ccccc3)nc2N1. The van der Waals surface area contributed by atoms with E-state index >= 15 is 0 Å². The first-order chi connectivity index (χ1) is 22.0. The quantitative estimate of drug-likeness (QED) is 0.170. The van der Waals surface area contributed by atoms with Gasteiger partial charge in [0.2, 0.25) is 11.1 Å². The first-order valence-corrected chi connectivity index (χ1v) is 16.0. The van der Waals surface area contributed by atoms with Crippen LogP contribution in [0.1, 0.15) is 40.8 Å². The smallest absolute Gasteiger partial charge is 0.255 e. The molecule has 2 N–H and O–H groups in total. The van der Waals surface area contributed by atoms with Gasteiger partial charge in [0, 0.05) is 46.3 Å². The van der Waals surface area contributed by atoms with Gasteiger partial charge >= 0.3 is 0 Å². The molecule has 1 aliphatic heterocycles. The van der Waals surface area contributed by atoms with Crippen LogP contribution in [0, 0.1) is 13.8 Å². The van der Waals surface area contributed by atoms with E-state index in [4.69, 9.17) is 10.1 Å². The van der Waals surface area contributed by atoms with Crippen LogP contribution in [-0.2, 0) is 17.1 Å². The molecule has 1 aliphatic rings. The highest BCUT2D eigenvalue weighted by atomic mass is 32.2. The fourth-order valence-corrected chi connectivity index (χ4v) is 6.76. The van der Waals surface area contributed by atoms with E-state index in [2.05, 4.69) is 95.1 Å². The third-order valence-corrected chi connectivity index (χ3v) is 9.36. The van der Waals surface area contributed by atoms with Crippen LogP contribution in [0.4, 0.5) is 11.6 Å². The van der Waals surface area contributed by atoms with Gasteiger partial charge in [-0.1, -0.05) is 103 Å². The van der Waals surface area contributed by atoms with E-state index < -0.39 is 6.04 Å². The van der Waals surface area contributed by atoms with E-state index in [1.165, 1.54) is 11.1 Å². The maximum absolute atomic E-state index is 14.3. The monoisotopic (exact) mass is 610 g/mol. The molecule has 0 fully saturated rings. The molecule has 224 valence electrons. The van der Waals surface area contributed by atoms with Gasteiger partial charge in [-0.3, -0.25) is 4.79 Å². The second kappa shape index (κ2) is 12.1. The molecule has 0 saturated carbocycles. The lowest BCUT2D eigenvalue weighted by Gasteiger charge is -2.28. The van der Waals surface area contributed by atoms with Crippen molar-refractivity contribution in [2.24, 2.45) is 0 Å². The molecule has 45 heavy (non-hydrogen) atoms. The molecule has 2 aromatic heterocycles. The predicted octanol–water partition coefficient (Wildman–Crippen LogP) is 8.12. The number of aromatic nitrogens is 4. The summed E-state index contributed by atoms with van der Waals surface area (Å²) < 4.78 is 4.15. The fourth-order valence-electron chi connectivity index (χ4n) is 5.98. The Morgan fingerprint density at radius 1 is 0.867 bits per heavy atom. The van der Waals surface area contributed by atoms with E-state index in [0.717, 1.165) is 44.7 Å². The van der Waals surface area contributed by atoms with Crippen molar-refractivity contribution in [1.29, 1.82) is 0 Å². The molecule has 0 bridgehead atoms. The number of hydrogen-bond donors (Lipinski definition) is 2. The number of carbonyl (C=O) groups is 1. The van der Waals surface area contributed by atoms with Crippen LogP contribution in [0.2, 0.25) is 0 Å². The second-order valence-electron chi connectivity index (χ2n) is 11.4. The number of anilines is 2. The van der Waals surface area contributed by atoms with Crippen molar-refractivity contribution < 1.29 is 4.79 Å². The van der Waals surface area contributed by atoms with Crippen molar-refractivity contribution in [3.8, 4) is 0 Å². The molecular formula is C37H34N6OS. The lowest BCUT2D eigenvalue weighted by molar-refractivity contribution is -0.113. The average Bonchev–Trinajstić information content (AvgIpc) is 3.63. The summed E-state index contributed by atoms with van der Waals surface area (Å²) in [7, 11) is 0. The number of fused-ring (bicyclic) bond motifs is 2. The predicted molar refractivity (Wildman–Crippen MR) is 183 cm³/mol. The number of benzene rings is 4. The molecule has 0 aliphatic carbocycles. The first kappa shape index (κ1) is 28.7. The number of aryl methyl sites for hydroxylation is 1. The molecule has 4 aromatic carbocycles. The minimum atomic E-state index is -0.494. The Labute approximate surface area is 267 Å². The minimum absolute atomic E-state index is 0.168. The normalized spacial score (nSPS) is 14.3. The molecule has 7 nitrogen and oxygen atoms in total. The van der Waals surface area contributed by atoms with Gasteiger partial charge in [-0.25, -0.2) is 4.68 Å². The van der Waals surface area contributed by atoms with E-state index in [-0.39, 0.29) is 5.91 Å². The molecular weight excluding hydrogens is 577 g/mol. The maximum Gasteiger partial charge on any atom is 0.255 e. The summed E-state index contributed by atoms with van der Waals surface area (Å²) in [5, 5.41) is 13.4. The zero-order chi connectivity index (χ0) is 30.9. The Balaban J connectivity index is 1.33. The number of nitrogens with one attached hydrogen (secondary N) is 2. The number of allylic oxidation sites excluding steroid dienone is 1. The Hall–Kier alpha value is -5.08. The molecule has 8 heteroatoms. The van der Waals surface area contributed by atoms with Crippen molar-refractivity contribution in [3.05, 3.63) is 148 Å². The number of para-hydroxylation sites is 1. The number of thioether (sulfide) groups is 1. The fraction of sp³-hybridized carbons (Fsp3) is 0.162. The molecule has 3 heterocycles. The minimum Gasteiger partial charge on any atom is -0.343 e. The van der Waals surface area contributed by atoms with Gasteiger partial charge < -0.3 is 15.2 Å². The number of rotatable bonds is 8. The number of hydrogen-bond acceptors (Lipinski definition) is 5. The van der Waals surface area contributed by atoms with Crippen LogP contribution < -0.4 is 10.6 Å². The zero-order valence-electron chi connectivity index (χ0n) is 25.5. The summed E-state index contributed by atoms with van der Waals surface area (Å²) in [6.45, 7) is 6.74. The van der Waals surface area contributed by atoms with Crippen LogP contribution >= 0.6 is 11.8 Å². The van der Waals surface area contributed by atoms with E-state index in [9.17, 15) is 4.79 Å². The second-order valence-corrected chi connectivity index (χ2v) is 12.4. The highest BCUT2D eigenvalue weighted by Gasteiger charge is 2.36. The Morgan fingerprint density at radius 3 is 2.36 bits per heavy atom. The summed E-state index contributed by atoms with van der Waals surface area (Å²) in [5.41, 5.74) is 8.83. The van der Waals surface area contributed by atoms with Crippen molar-refractivity contribution in [3.63, 3.8) is 0 Å². The van der Waals surface area contributed by atoms with Crippen molar-refractivity contribution in [1.82, 2.24) is 19.3 Å². The van der Waals surface area contributed by atoms with Crippen molar-refractivity contribution in [2.45, 2.75) is 44.3 Å². The molecule has 1 atom stereocenters. The Morgan fingerprint density at radius 2 is 1.58 bits per heavy atom. The summed E-state index contributed by atoms with van der Waals surface area (Å²) in [5.74, 6) is 1.20. The number of amides is 1. The average molecular weight is 611 g/mol. The van der Waals surface area contributed by atoms with Gasteiger partial charge in [0.15, 0.2) is 0 Å². The molecule has 1 amide bonds. The highest BCUT2D eigenvalue weighted by molar-refractivity contribution is 7.98. The standard InChI is InChI=1S/C37H34N6OS/c1-24-13-12-19-31(25(24)2)39-35(44)33-26(3)38-36-40-37(45-23-28-16-8-5-9-17-28)41-43(36)34(33)30-22-42(21-27-14-6-4-7-15-27)32-20-11-10-18-29(30)32/h4-20,22,34H,21,23H2,1-3H3,(H,39,44)(H,38,40,41). The van der Waals surface area contributed by atoms with Gasteiger partial charge in [0.1, 0.15) is 6.04 Å². The van der Waals surface area contributed by atoms with Crippen LogP contribution in [0.5, 0.6) is 0 Å². The van der Waals surface area contributed by atoms with Crippen LogP contribution in [0.15, 0.2) is 126 Å². The highest BCUT2D eigenvalue weighted by Crippen LogP contribution is 2.40. The van der Waals surface area contributed by atoms with Crippen LogP contribution in [0.25, 0.3) is 10.9 Å².